The van der Waals surface area contributed by atoms with Gasteiger partial charge in [-0.2, -0.15) is 11.8 Å². The molecule has 5 nitrogen and oxygen atoms in total. The summed E-state index contributed by atoms with van der Waals surface area (Å²) in [5, 5.41) is 11.4. The molecule has 0 bridgehead atoms. The Morgan fingerprint density at radius 3 is 2.35 bits per heavy atom. The van der Waals surface area contributed by atoms with Crippen molar-refractivity contribution in [2.24, 2.45) is 0 Å². The third kappa shape index (κ3) is 7.02. The Morgan fingerprint density at radius 1 is 0.941 bits per heavy atom. The van der Waals surface area contributed by atoms with Crippen LogP contribution >= 0.6 is 11.8 Å². The maximum Gasteiger partial charge on any atom is 0.310 e. The zero-order chi connectivity index (χ0) is 24.5. The molecular weight excluding hydrogens is 448 g/mol. The van der Waals surface area contributed by atoms with Crippen molar-refractivity contribution in [2.75, 3.05) is 13.7 Å². The Bertz CT molecular complexity index is 1080. The summed E-state index contributed by atoms with van der Waals surface area (Å²) < 4.78 is 16.9. The Hall–Kier alpha value is -2.96. The molecular formula is C28H32O5S. The molecule has 0 spiro atoms. The number of carbonyl (C=O) groups is 1. The van der Waals surface area contributed by atoms with Gasteiger partial charge in [-0.15, -0.1) is 0 Å². The summed E-state index contributed by atoms with van der Waals surface area (Å²) in [6.45, 7) is 6.43. The predicted molar refractivity (Wildman–Crippen MR) is 137 cm³/mol. The molecule has 34 heavy (non-hydrogen) atoms. The largest absolute Gasteiger partial charge is 0.493 e. The Labute approximate surface area is 206 Å². The van der Waals surface area contributed by atoms with E-state index in [9.17, 15) is 9.90 Å². The quantitative estimate of drug-likeness (QED) is 0.324. The number of benzene rings is 3. The van der Waals surface area contributed by atoms with E-state index in [4.69, 9.17) is 14.2 Å². The van der Waals surface area contributed by atoms with Crippen LogP contribution < -0.4 is 9.47 Å². The summed E-state index contributed by atoms with van der Waals surface area (Å²) >= 11 is 1.80. The van der Waals surface area contributed by atoms with Gasteiger partial charge in [-0.1, -0.05) is 56.3 Å². The van der Waals surface area contributed by atoms with Crippen LogP contribution in [0.2, 0.25) is 0 Å². The first-order valence-electron chi connectivity index (χ1n) is 11.4. The first-order valence-corrected chi connectivity index (χ1v) is 12.4. The Morgan fingerprint density at radius 2 is 1.68 bits per heavy atom. The van der Waals surface area contributed by atoms with Crippen molar-refractivity contribution in [1.29, 1.82) is 0 Å². The van der Waals surface area contributed by atoms with Crippen molar-refractivity contribution in [2.45, 2.75) is 44.3 Å². The van der Waals surface area contributed by atoms with Crippen molar-refractivity contribution < 1.29 is 24.1 Å². The minimum atomic E-state index is -0.722. The van der Waals surface area contributed by atoms with E-state index in [2.05, 4.69) is 13.8 Å². The van der Waals surface area contributed by atoms with E-state index >= 15 is 0 Å². The number of carbonyl (C=O) groups excluding carboxylic acids is 1. The summed E-state index contributed by atoms with van der Waals surface area (Å²) in [7, 11) is 1.59. The standard InChI is InChI=1S/C28H32O5S/c1-5-32-27(29)16-20-11-13-25(31-4)26(15-20)33-24-14-12-22(17-23(24)18-34-19(2)3)28(30)21-9-7-6-8-10-21/h6-15,17,19,28,30H,5,16,18H2,1-4H3. The highest BCUT2D eigenvalue weighted by Gasteiger charge is 2.16. The van der Waals surface area contributed by atoms with Gasteiger partial charge in [-0.3, -0.25) is 4.79 Å². The van der Waals surface area contributed by atoms with Crippen LogP contribution in [0.3, 0.4) is 0 Å². The minimum Gasteiger partial charge on any atom is -0.493 e. The predicted octanol–water partition coefficient (Wildman–Crippen LogP) is 6.32. The lowest BCUT2D eigenvalue weighted by Crippen LogP contribution is -2.07. The fourth-order valence-electron chi connectivity index (χ4n) is 3.47. The highest BCUT2D eigenvalue weighted by Crippen LogP contribution is 2.37. The van der Waals surface area contributed by atoms with Gasteiger partial charge >= 0.3 is 5.97 Å². The summed E-state index contributed by atoms with van der Waals surface area (Å²) in [4.78, 5) is 11.9. The molecule has 0 radical (unpaired) electrons. The van der Waals surface area contributed by atoms with Crippen molar-refractivity contribution >= 4 is 17.7 Å². The van der Waals surface area contributed by atoms with Gasteiger partial charge in [0.25, 0.3) is 0 Å². The maximum absolute atomic E-state index is 11.9. The third-order valence-electron chi connectivity index (χ3n) is 5.19. The second kappa shape index (κ2) is 12.5. The molecule has 1 atom stereocenters. The number of ether oxygens (including phenoxy) is 3. The number of thioether (sulfide) groups is 1. The fraction of sp³-hybridized carbons (Fsp3) is 0.321. The van der Waals surface area contributed by atoms with E-state index in [0.717, 1.165) is 28.0 Å². The molecule has 1 N–H and O–H groups in total. The van der Waals surface area contributed by atoms with Gasteiger partial charge in [0.2, 0.25) is 0 Å². The molecule has 0 saturated heterocycles. The van der Waals surface area contributed by atoms with Gasteiger partial charge < -0.3 is 19.3 Å². The molecule has 3 aromatic carbocycles. The topological polar surface area (TPSA) is 65.0 Å². The molecule has 0 aliphatic carbocycles. The molecule has 0 fully saturated rings. The van der Waals surface area contributed by atoms with Crippen LogP contribution in [-0.4, -0.2) is 30.0 Å². The molecule has 3 aromatic rings. The normalized spacial score (nSPS) is 11.8. The highest BCUT2D eigenvalue weighted by molar-refractivity contribution is 7.99. The summed E-state index contributed by atoms with van der Waals surface area (Å²) in [5.74, 6) is 2.23. The SMILES string of the molecule is CCOC(=O)Cc1ccc(OC)c(Oc2ccc(C(O)c3ccccc3)cc2CSC(C)C)c1. The Kier molecular flexibility index (Phi) is 9.42. The molecule has 6 heteroatoms. The zero-order valence-corrected chi connectivity index (χ0v) is 20.9. The molecule has 0 heterocycles. The molecule has 3 rings (SSSR count). The van der Waals surface area contributed by atoms with Crippen LogP contribution in [0.25, 0.3) is 0 Å². The van der Waals surface area contributed by atoms with Gasteiger partial charge in [-0.25, -0.2) is 0 Å². The summed E-state index contributed by atoms with van der Waals surface area (Å²) in [6.07, 6.45) is -0.563. The molecule has 0 aliphatic heterocycles. The first-order chi connectivity index (χ1) is 16.4. The van der Waals surface area contributed by atoms with Gasteiger partial charge in [0.15, 0.2) is 11.5 Å². The molecule has 1 unspecified atom stereocenters. The first kappa shape index (κ1) is 25.7. The highest BCUT2D eigenvalue weighted by atomic mass is 32.2. The van der Waals surface area contributed by atoms with Crippen LogP contribution in [0.15, 0.2) is 66.7 Å². The van der Waals surface area contributed by atoms with E-state index < -0.39 is 6.10 Å². The monoisotopic (exact) mass is 480 g/mol. The van der Waals surface area contributed by atoms with Gasteiger partial charge in [-0.05, 0) is 53.1 Å². The second-order valence-corrected chi connectivity index (χ2v) is 9.67. The van der Waals surface area contributed by atoms with E-state index in [0.29, 0.717) is 29.1 Å². The fourth-order valence-corrected chi connectivity index (χ4v) is 4.21. The van der Waals surface area contributed by atoms with E-state index in [-0.39, 0.29) is 12.4 Å². The van der Waals surface area contributed by atoms with Crippen molar-refractivity contribution in [1.82, 2.24) is 0 Å². The lowest BCUT2D eigenvalue weighted by Gasteiger charge is -2.18. The lowest BCUT2D eigenvalue weighted by atomic mass is 9.99. The van der Waals surface area contributed by atoms with Crippen LogP contribution in [0.4, 0.5) is 0 Å². The van der Waals surface area contributed by atoms with Crippen molar-refractivity contribution in [3.05, 3.63) is 89.0 Å². The van der Waals surface area contributed by atoms with E-state index in [1.807, 2.05) is 60.7 Å². The number of hydrogen-bond acceptors (Lipinski definition) is 6. The van der Waals surface area contributed by atoms with Crippen LogP contribution in [-0.2, 0) is 21.7 Å². The molecule has 180 valence electrons. The Balaban J connectivity index is 1.92. The van der Waals surface area contributed by atoms with Gasteiger partial charge in [0, 0.05) is 11.3 Å². The average molecular weight is 481 g/mol. The summed E-state index contributed by atoms with van der Waals surface area (Å²) in [6, 6.07) is 20.8. The van der Waals surface area contributed by atoms with Crippen molar-refractivity contribution in [3.63, 3.8) is 0 Å². The minimum absolute atomic E-state index is 0.159. The number of methoxy groups -OCH3 is 1. The molecule has 0 aromatic heterocycles. The number of aliphatic hydroxyl groups excluding tert-OH is 1. The van der Waals surface area contributed by atoms with Gasteiger partial charge in [0.05, 0.1) is 20.1 Å². The number of esters is 1. The molecule has 0 amide bonds. The van der Waals surface area contributed by atoms with Crippen LogP contribution in [0.1, 0.15) is 49.1 Å². The maximum atomic E-state index is 11.9. The molecule has 0 aliphatic rings. The van der Waals surface area contributed by atoms with E-state index in [1.54, 1.807) is 31.9 Å². The van der Waals surface area contributed by atoms with E-state index in [1.165, 1.54) is 0 Å². The number of rotatable bonds is 11. The van der Waals surface area contributed by atoms with Crippen LogP contribution in [0.5, 0.6) is 17.2 Å². The second-order valence-electron chi connectivity index (χ2n) is 8.11. The van der Waals surface area contributed by atoms with Crippen molar-refractivity contribution in [3.8, 4) is 17.2 Å². The van der Waals surface area contributed by atoms with Gasteiger partial charge in [0.1, 0.15) is 11.9 Å². The van der Waals surface area contributed by atoms with Crippen LogP contribution in [0, 0.1) is 0 Å². The zero-order valence-electron chi connectivity index (χ0n) is 20.1. The average Bonchev–Trinajstić information content (AvgIpc) is 2.83. The lowest BCUT2D eigenvalue weighted by molar-refractivity contribution is -0.142. The third-order valence-corrected chi connectivity index (χ3v) is 6.33. The molecule has 0 saturated carbocycles. The summed E-state index contributed by atoms with van der Waals surface area (Å²) in [5.41, 5.74) is 3.40. The number of aliphatic hydroxyl groups is 1. The smallest absolute Gasteiger partial charge is 0.310 e. The number of hydrogen-bond donors (Lipinski definition) is 1.